The maximum Gasteiger partial charge on any atom is 0.0678 e. The molecule has 3 aliphatic rings. The fraction of sp³-hybridized carbons (Fsp3) is 0.300. The highest BCUT2D eigenvalue weighted by Crippen LogP contribution is 2.40. The molecule has 2 aromatic carbocycles. The maximum atomic E-state index is 2.48. The van der Waals surface area contributed by atoms with E-state index in [2.05, 4.69) is 69.3 Å². The van der Waals surface area contributed by atoms with Crippen LogP contribution in [0.1, 0.15) is 11.1 Å². The SMILES string of the molecule is C(=C\c1cccc(N2CC2)c1N1CC1)/c1ccccc1N1CC1. The van der Waals surface area contributed by atoms with E-state index in [0.29, 0.717) is 0 Å². The number of benzene rings is 2. The molecule has 5 rings (SSSR count). The molecule has 0 aliphatic carbocycles. The summed E-state index contributed by atoms with van der Waals surface area (Å²) in [6, 6.07) is 15.4. The molecular weight excluding hydrogens is 282 g/mol. The lowest BCUT2D eigenvalue weighted by molar-refractivity contribution is 1.31. The van der Waals surface area contributed by atoms with Crippen molar-refractivity contribution in [1.82, 2.24) is 0 Å². The lowest BCUT2D eigenvalue weighted by Gasteiger charge is -2.15. The predicted molar refractivity (Wildman–Crippen MR) is 98.5 cm³/mol. The molecular formula is C20H21N3. The minimum Gasteiger partial charge on any atom is -0.368 e. The van der Waals surface area contributed by atoms with Gasteiger partial charge in [-0.2, -0.15) is 0 Å². The van der Waals surface area contributed by atoms with Gasteiger partial charge in [-0.05, 0) is 23.3 Å². The van der Waals surface area contributed by atoms with Crippen molar-refractivity contribution in [2.24, 2.45) is 0 Å². The van der Waals surface area contributed by atoms with Gasteiger partial charge in [-0.25, -0.2) is 0 Å². The van der Waals surface area contributed by atoms with Crippen LogP contribution in [0.25, 0.3) is 12.2 Å². The summed E-state index contributed by atoms with van der Waals surface area (Å²) in [5.74, 6) is 0. The second-order valence-electron chi connectivity index (χ2n) is 6.57. The van der Waals surface area contributed by atoms with E-state index in [1.165, 1.54) is 67.5 Å². The van der Waals surface area contributed by atoms with E-state index in [1.54, 1.807) is 0 Å². The first-order valence-electron chi connectivity index (χ1n) is 8.55. The second kappa shape index (κ2) is 5.05. The van der Waals surface area contributed by atoms with Crippen LogP contribution < -0.4 is 14.7 Å². The first kappa shape index (κ1) is 13.1. The molecule has 0 atom stereocenters. The zero-order valence-corrected chi connectivity index (χ0v) is 13.3. The topological polar surface area (TPSA) is 9.03 Å². The van der Waals surface area contributed by atoms with E-state index in [0.717, 1.165) is 0 Å². The molecule has 0 spiro atoms. The molecule has 3 fully saturated rings. The summed E-state index contributed by atoms with van der Waals surface area (Å²) in [4.78, 5) is 7.34. The van der Waals surface area contributed by atoms with E-state index in [9.17, 15) is 0 Å². The monoisotopic (exact) mass is 303 g/mol. The Morgan fingerprint density at radius 2 is 1.13 bits per heavy atom. The molecule has 0 bridgehead atoms. The van der Waals surface area contributed by atoms with Crippen LogP contribution >= 0.6 is 0 Å². The van der Waals surface area contributed by atoms with Crippen molar-refractivity contribution in [3.8, 4) is 0 Å². The van der Waals surface area contributed by atoms with Gasteiger partial charge in [0.1, 0.15) is 0 Å². The highest BCUT2D eigenvalue weighted by atomic mass is 15.3. The van der Waals surface area contributed by atoms with Gasteiger partial charge in [0.15, 0.2) is 0 Å². The van der Waals surface area contributed by atoms with Crippen molar-refractivity contribution < 1.29 is 0 Å². The Morgan fingerprint density at radius 3 is 1.87 bits per heavy atom. The Labute approximate surface area is 137 Å². The van der Waals surface area contributed by atoms with Crippen molar-refractivity contribution in [3.05, 3.63) is 53.6 Å². The Bertz CT molecular complexity index is 768. The molecule has 0 N–H and O–H groups in total. The van der Waals surface area contributed by atoms with Gasteiger partial charge in [0.25, 0.3) is 0 Å². The Balaban J connectivity index is 1.52. The third-order valence-corrected chi connectivity index (χ3v) is 4.76. The normalized spacial score (nSPS) is 18.7. The number of hydrogen-bond acceptors (Lipinski definition) is 3. The second-order valence-corrected chi connectivity index (χ2v) is 6.57. The van der Waals surface area contributed by atoms with Gasteiger partial charge in [-0.3, -0.25) is 0 Å². The number of para-hydroxylation sites is 2. The predicted octanol–water partition coefficient (Wildman–Crippen LogP) is 3.32. The number of hydrogen-bond donors (Lipinski definition) is 0. The third-order valence-electron chi connectivity index (χ3n) is 4.76. The van der Waals surface area contributed by atoms with E-state index in [4.69, 9.17) is 0 Å². The summed E-state index contributed by atoms with van der Waals surface area (Å²) < 4.78 is 0. The van der Waals surface area contributed by atoms with E-state index in [-0.39, 0.29) is 0 Å². The van der Waals surface area contributed by atoms with Crippen LogP contribution in [-0.2, 0) is 0 Å². The van der Waals surface area contributed by atoms with Crippen molar-refractivity contribution in [2.75, 3.05) is 54.0 Å². The van der Waals surface area contributed by atoms with E-state index < -0.39 is 0 Å². The molecule has 0 radical (unpaired) electrons. The van der Waals surface area contributed by atoms with Crippen molar-refractivity contribution >= 4 is 29.2 Å². The first-order valence-corrected chi connectivity index (χ1v) is 8.55. The van der Waals surface area contributed by atoms with Crippen LogP contribution in [0.2, 0.25) is 0 Å². The Kier molecular flexibility index (Phi) is 2.87. The van der Waals surface area contributed by atoms with Crippen LogP contribution in [0.5, 0.6) is 0 Å². The van der Waals surface area contributed by atoms with Crippen molar-refractivity contribution in [2.45, 2.75) is 0 Å². The minimum atomic E-state index is 1.19. The molecule has 23 heavy (non-hydrogen) atoms. The van der Waals surface area contributed by atoms with E-state index in [1.807, 2.05) is 0 Å². The summed E-state index contributed by atoms with van der Waals surface area (Å²) in [6.45, 7) is 7.16. The van der Waals surface area contributed by atoms with Crippen LogP contribution in [0.15, 0.2) is 42.5 Å². The molecule has 2 aromatic rings. The molecule has 116 valence electrons. The highest BCUT2D eigenvalue weighted by molar-refractivity contribution is 5.88. The minimum absolute atomic E-state index is 1.19. The van der Waals surface area contributed by atoms with Gasteiger partial charge in [0, 0.05) is 45.0 Å². The molecule has 0 aromatic heterocycles. The summed E-state index contributed by atoms with van der Waals surface area (Å²) in [6.07, 6.45) is 4.57. The molecule has 0 unspecified atom stereocenters. The molecule has 3 saturated heterocycles. The van der Waals surface area contributed by atoms with Crippen molar-refractivity contribution in [1.29, 1.82) is 0 Å². The Hall–Kier alpha value is -2.42. The van der Waals surface area contributed by atoms with Crippen molar-refractivity contribution in [3.63, 3.8) is 0 Å². The fourth-order valence-corrected chi connectivity index (χ4v) is 3.23. The standard InChI is InChI=1S/C20H21N3/c1-2-6-18(21-10-11-21)16(4-1)8-9-17-5-3-7-19(22-12-13-22)20(17)23-14-15-23/h1-9H,10-15H2/b9-8+. The molecule has 3 nitrogen and oxygen atoms in total. The van der Waals surface area contributed by atoms with Crippen LogP contribution in [0.3, 0.4) is 0 Å². The van der Waals surface area contributed by atoms with Crippen LogP contribution in [-0.4, -0.2) is 39.3 Å². The van der Waals surface area contributed by atoms with Crippen LogP contribution in [0.4, 0.5) is 17.1 Å². The number of rotatable bonds is 5. The molecule has 0 amide bonds. The average molecular weight is 303 g/mol. The maximum absolute atomic E-state index is 2.48. The van der Waals surface area contributed by atoms with Gasteiger partial charge in [-0.15, -0.1) is 0 Å². The molecule has 3 aliphatic heterocycles. The zero-order valence-electron chi connectivity index (χ0n) is 13.3. The molecule has 3 heterocycles. The zero-order chi connectivity index (χ0) is 15.2. The third kappa shape index (κ3) is 2.56. The van der Waals surface area contributed by atoms with Gasteiger partial charge in [0.2, 0.25) is 0 Å². The largest absolute Gasteiger partial charge is 0.368 e. The fourth-order valence-electron chi connectivity index (χ4n) is 3.23. The lowest BCUT2D eigenvalue weighted by Crippen LogP contribution is -2.01. The van der Waals surface area contributed by atoms with Gasteiger partial charge >= 0.3 is 0 Å². The van der Waals surface area contributed by atoms with Gasteiger partial charge in [-0.1, -0.05) is 42.5 Å². The van der Waals surface area contributed by atoms with Gasteiger partial charge < -0.3 is 14.7 Å². The lowest BCUT2D eigenvalue weighted by atomic mass is 10.1. The van der Waals surface area contributed by atoms with Gasteiger partial charge in [0.05, 0.1) is 11.4 Å². The Morgan fingerprint density at radius 1 is 0.565 bits per heavy atom. The quantitative estimate of drug-likeness (QED) is 0.619. The summed E-state index contributed by atoms with van der Waals surface area (Å²) in [5.41, 5.74) is 6.85. The smallest absolute Gasteiger partial charge is 0.0678 e. The summed E-state index contributed by atoms with van der Waals surface area (Å²) in [7, 11) is 0. The molecule has 3 heteroatoms. The molecule has 0 saturated carbocycles. The highest BCUT2D eigenvalue weighted by Gasteiger charge is 2.29. The van der Waals surface area contributed by atoms with Crippen LogP contribution in [0, 0.1) is 0 Å². The summed E-state index contributed by atoms with van der Waals surface area (Å²) >= 11 is 0. The average Bonchev–Trinajstić information content (AvgIpc) is 3.45. The first-order chi connectivity index (χ1) is 11.4. The number of nitrogens with zero attached hydrogens (tertiary/aromatic N) is 3. The van der Waals surface area contributed by atoms with E-state index >= 15 is 0 Å². The summed E-state index contributed by atoms with van der Waals surface area (Å²) in [5, 5.41) is 0. The number of anilines is 3.